The number of rotatable bonds is 6. The predicted octanol–water partition coefficient (Wildman–Crippen LogP) is -2.58. The number of ether oxygens (including phenoxy) is 2. The Hall–Kier alpha value is -1.76. The van der Waals surface area contributed by atoms with Gasteiger partial charge in [0.15, 0.2) is 12.0 Å². The van der Waals surface area contributed by atoms with Crippen molar-refractivity contribution in [1.82, 2.24) is 9.55 Å². The molecule has 1 aliphatic heterocycles. The maximum atomic E-state index is 12.4. The number of carbonyl (C=O) groups is 1. The summed E-state index contributed by atoms with van der Waals surface area (Å²) in [6.45, 7) is -0.635. The van der Waals surface area contributed by atoms with Crippen molar-refractivity contribution in [3.8, 4) is 6.01 Å². The first kappa shape index (κ1) is 20.6. The van der Waals surface area contributed by atoms with Crippen LogP contribution in [0.4, 0.5) is 5.82 Å². The second-order valence-electron chi connectivity index (χ2n) is 5.64. The Morgan fingerprint density at radius 2 is 2.00 bits per heavy atom. The number of carbonyl (C=O) groups excluding carboxylic acids is 1. The second kappa shape index (κ2) is 8.29. The zero-order chi connectivity index (χ0) is 19.6. The van der Waals surface area contributed by atoms with Crippen molar-refractivity contribution in [1.29, 1.82) is 0 Å². The van der Waals surface area contributed by atoms with Crippen LogP contribution in [0.25, 0.3) is 0 Å². The van der Waals surface area contributed by atoms with Crippen molar-refractivity contribution < 1.29 is 34.7 Å². The van der Waals surface area contributed by atoms with Crippen molar-refractivity contribution in [2.75, 3.05) is 24.9 Å². The molecular formula is C14H20ClN3O8. The molecule has 5 N–H and O–H groups in total. The van der Waals surface area contributed by atoms with E-state index in [4.69, 9.17) is 21.1 Å². The highest BCUT2D eigenvalue weighted by molar-refractivity contribution is 6.31. The van der Waals surface area contributed by atoms with Gasteiger partial charge in [-0.3, -0.25) is 14.2 Å². The SMILES string of the molecule is COc1nc(N[C@@H]2O[C@@H](CO)[C@@H](O)[C@@H](O)[C@@H]2O)c(C(=O)CCl)c(=O)n1C. The van der Waals surface area contributed by atoms with Gasteiger partial charge in [-0.25, -0.2) is 0 Å². The van der Waals surface area contributed by atoms with E-state index in [0.29, 0.717) is 0 Å². The van der Waals surface area contributed by atoms with Crippen LogP contribution in [0, 0.1) is 0 Å². The van der Waals surface area contributed by atoms with Gasteiger partial charge in [0, 0.05) is 7.05 Å². The Morgan fingerprint density at radius 3 is 2.54 bits per heavy atom. The zero-order valence-corrected chi connectivity index (χ0v) is 14.8. The minimum Gasteiger partial charge on any atom is -0.468 e. The summed E-state index contributed by atoms with van der Waals surface area (Å²) in [6.07, 6.45) is -7.38. The summed E-state index contributed by atoms with van der Waals surface area (Å²) in [5.74, 6) is -1.50. The second-order valence-corrected chi connectivity index (χ2v) is 5.90. The number of nitrogens with zero attached hydrogens (tertiary/aromatic N) is 2. The molecule has 0 aromatic carbocycles. The molecule has 1 aliphatic rings. The van der Waals surface area contributed by atoms with Crippen molar-refractivity contribution in [2.24, 2.45) is 7.05 Å². The minimum atomic E-state index is -1.64. The number of halogens is 1. The van der Waals surface area contributed by atoms with Crippen LogP contribution < -0.4 is 15.6 Å². The molecule has 0 spiro atoms. The fraction of sp³-hybridized carbons (Fsp3) is 0.643. The third-order valence-electron chi connectivity index (χ3n) is 4.00. The van der Waals surface area contributed by atoms with Gasteiger partial charge in [-0.15, -0.1) is 11.6 Å². The van der Waals surface area contributed by atoms with Gasteiger partial charge in [0.2, 0.25) is 0 Å². The third-order valence-corrected chi connectivity index (χ3v) is 4.25. The number of aliphatic hydroxyl groups excluding tert-OH is 4. The first-order chi connectivity index (χ1) is 12.3. The summed E-state index contributed by atoms with van der Waals surface area (Å²) in [5.41, 5.74) is -1.13. The molecular weight excluding hydrogens is 374 g/mol. The van der Waals surface area contributed by atoms with E-state index in [2.05, 4.69) is 10.3 Å². The average molecular weight is 394 g/mol. The number of Topliss-reactive ketones (excluding diaryl/α,β-unsaturated/α-hetero) is 1. The quantitative estimate of drug-likeness (QED) is 0.256. The van der Waals surface area contributed by atoms with Gasteiger partial charge in [0.25, 0.3) is 5.56 Å². The monoisotopic (exact) mass is 393 g/mol. The molecule has 146 valence electrons. The van der Waals surface area contributed by atoms with E-state index in [0.717, 1.165) is 4.57 Å². The van der Waals surface area contributed by atoms with Crippen LogP contribution in [0.1, 0.15) is 10.4 Å². The largest absolute Gasteiger partial charge is 0.468 e. The van der Waals surface area contributed by atoms with E-state index < -0.39 is 54.5 Å². The molecule has 0 saturated carbocycles. The number of aromatic nitrogens is 2. The fourth-order valence-corrected chi connectivity index (χ4v) is 2.68. The van der Waals surface area contributed by atoms with Crippen molar-refractivity contribution in [2.45, 2.75) is 30.6 Å². The van der Waals surface area contributed by atoms with E-state index in [1.807, 2.05) is 0 Å². The lowest BCUT2D eigenvalue weighted by molar-refractivity contribution is -0.221. The third kappa shape index (κ3) is 3.68. The highest BCUT2D eigenvalue weighted by atomic mass is 35.5. The van der Waals surface area contributed by atoms with Crippen molar-refractivity contribution in [3.63, 3.8) is 0 Å². The molecule has 11 nitrogen and oxygen atoms in total. The van der Waals surface area contributed by atoms with E-state index >= 15 is 0 Å². The van der Waals surface area contributed by atoms with Crippen LogP contribution in [-0.2, 0) is 11.8 Å². The van der Waals surface area contributed by atoms with Crippen LogP contribution in [0.2, 0.25) is 0 Å². The first-order valence-corrected chi connectivity index (χ1v) is 8.11. The number of anilines is 1. The Bertz CT molecular complexity index is 725. The molecule has 1 aromatic heterocycles. The molecule has 1 aromatic rings. The average Bonchev–Trinajstić information content (AvgIpc) is 2.64. The summed E-state index contributed by atoms with van der Waals surface area (Å²) >= 11 is 5.54. The maximum absolute atomic E-state index is 12.4. The number of hydrogen-bond donors (Lipinski definition) is 5. The number of aliphatic hydroxyl groups is 4. The minimum absolute atomic E-state index is 0.131. The van der Waals surface area contributed by atoms with Crippen molar-refractivity contribution >= 4 is 23.2 Å². The fourth-order valence-electron chi connectivity index (χ4n) is 2.54. The molecule has 0 aliphatic carbocycles. The predicted molar refractivity (Wildman–Crippen MR) is 88.5 cm³/mol. The van der Waals surface area contributed by atoms with Crippen LogP contribution in [-0.4, -0.2) is 86.0 Å². The van der Waals surface area contributed by atoms with E-state index in [1.54, 1.807) is 0 Å². The number of methoxy groups -OCH3 is 1. The lowest BCUT2D eigenvalue weighted by Gasteiger charge is -2.40. The van der Waals surface area contributed by atoms with Crippen molar-refractivity contribution in [3.05, 3.63) is 15.9 Å². The Morgan fingerprint density at radius 1 is 1.35 bits per heavy atom. The Labute approximate surface area is 152 Å². The number of hydrogen-bond acceptors (Lipinski definition) is 10. The summed E-state index contributed by atoms with van der Waals surface area (Å²) in [6, 6.07) is -0.131. The van der Waals surface area contributed by atoms with Gasteiger partial charge in [-0.2, -0.15) is 4.98 Å². The Balaban J connectivity index is 2.46. The lowest BCUT2D eigenvalue weighted by Crippen LogP contribution is -2.60. The lowest BCUT2D eigenvalue weighted by atomic mass is 9.98. The maximum Gasteiger partial charge on any atom is 0.300 e. The number of nitrogens with one attached hydrogen (secondary N) is 1. The summed E-state index contributed by atoms with van der Waals surface area (Å²) < 4.78 is 11.3. The van der Waals surface area contributed by atoms with Gasteiger partial charge >= 0.3 is 6.01 Å². The summed E-state index contributed by atoms with van der Waals surface area (Å²) in [5, 5.41) is 41.5. The molecule has 12 heteroatoms. The molecule has 0 bridgehead atoms. The van der Waals surface area contributed by atoms with Gasteiger partial charge in [0.1, 0.15) is 35.8 Å². The molecule has 0 unspecified atom stereocenters. The topological polar surface area (TPSA) is 163 Å². The summed E-state index contributed by atoms with van der Waals surface area (Å²) in [7, 11) is 2.61. The van der Waals surface area contributed by atoms with Crippen LogP contribution in [0.5, 0.6) is 6.01 Å². The standard InChI is InChI=1S/C14H20ClN3O8/c1-18-13(24)7(5(20)3-15)11(17-14(18)25-2)16-12-10(23)9(22)8(21)6(4-19)26-12/h6,8-10,12,16,19,21-23H,3-4H2,1-2H3/t6-,8+,9+,10-,12+/m0/s1. The molecule has 2 heterocycles. The molecule has 1 fully saturated rings. The highest BCUT2D eigenvalue weighted by Gasteiger charge is 2.44. The smallest absolute Gasteiger partial charge is 0.300 e. The van der Waals surface area contributed by atoms with Gasteiger partial charge in [-0.1, -0.05) is 0 Å². The number of alkyl halides is 1. The van der Waals surface area contributed by atoms with Gasteiger partial charge < -0.3 is 35.2 Å². The van der Waals surface area contributed by atoms with E-state index in [1.165, 1.54) is 14.2 Å². The van der Waals surface area contributed by atoms with Crippen LogP contribution in [0.15, 0.2) is 4.79 Å². The van der Waals surface area contributed by atoms with Crippen LogP contribution >= 0.6 is 11.6 Å². The molecule has 5 atom stereocenters. The summed E-state index contributed by atoms with van der Waals surface area (Å²) in [4.78, 5) is 28.5. The molecule has 0 radical (unpaired) electrons. The van der Waals surface area contributed by atoms with E-state index in [9.17, 15) is 30.0 Å². The van der Waals surface area contributed by atoms with Gasteiger partial charge in [-0.05, 0) is 0 Å². The molecule has 2 rings (SSSR count). The molecule has 0 amide bonds. The van der Waals surface area contributed by atoms with Crippen LogP contribution in [0.3, 0.4) is 0 Å². The van der Waals surface area contributed by atoms with E-state index in [-0.39, 0.29) is 17.4 Å². The molecule has 26 heavy (non-hydrogen) atoms. The first-order valence-electron chi connectivity index (χ1n) is 7.58. The molecule has 1 saturated heterocycles. The zero-order valence-electron chi connectivity index (χ0n) is 14.0. The normalized spacial score (nSPS) is 28.7. The number of ketones is 1. The van der Waals surface area contributed by atoms with Gasteiger partial charge in [0.05, 0.1) is 19.6 Å². The Kier molecular flexibility index (Phi) is 6.55. The highest BCUT2D eigenvalue weighted by Crippen LogP contribution is 2.24.